The molecule has 0 radical (unpaired) electrons. The predicted octanol–water partition coefficient (Wildman–Crippen LogP) is 0.770. The van der Waals surface area contributed by atoms with Crippen LogP contribution in [-0.4, -0.2) is 25.4 Å². The molecule has 2 rings (SSSR count). The Kier molecular flexibility index (Phi) is 4.01. The van der Waals surface area contributed by atoms with Gasteiger partial charge in [0.1, 0.15) is 0 Å². The van der Waals surface area contributed by atoms with Crippen LogP contribution in [-0.2, 0) is 25.4 Å². The molecule has 0 aliphatic heterocycles. The maximum atomic E-state index is 12.2. The van der Waals surface area contributed by atoms with Crippen molar-refractivity contribution in [3.8, 4) is 0 Å². The number of carbonyl (C=O) groups is 2. The van der Waals surface area contributed by atoms with Crippen LogP contribution in [0.3, 0.4) is 0 Å². The van der Waals surface area contributed by atoms with Crippen LogP contribution in [0.1, 0.15) is 19.4 Å². The average molecular weight is 326 g/mol. The molecular formula is C14H18N2O5S. The third-order valence-electron chi connectivity index (χ3n) is 3.94. The van der Waals surface area contributed by atoms with Gasteiger partial charge in [0.15, 0.2) is 0 Å². The molecule has 1 aromatic rings. The smallest absolute Gasteiger partial charge is 0.307 e. The third kappa shape index (κ3) is 3.45. The van der Waals surface area contributed by atoms with E-state index >= 15 is 0 Å². The molecule has 22 heavy (non-hydrogen) atoms. The fourth-order valence-corrected chi connectivity index (χ4v) is 3.42. The summed E-state index contributed by atoms with van der Waals surface area (Å²) in [5.41, 5.74) is 0.275. The molecular weight excluding hydrogens is 308 g/mol. The number of primary sulfonamides is 1. The van der Waals surface area contributed by atoms with Crippen LogP contribution in [0.15, 0.2) is 24.3 Å². The molecule has 0 bridgehead atoms. The summed E-state index contributed by atoms with van der Waals surface area (Å²) in [6.07, 6.45) is 0. The first-order valence-corrected chi connectivity index (χ1v) is 8.37. The van der Waals surface area contributed by atoms with Gasteiger partial charge in [-0.2, -0.15) is 0 Å². The highest BCUT2D eigenvalue weighted by Crippen LogP contribution is 2.58. The minimum atomic E-state index is -3.66. The molecule has 1 saturated carbocycles. The molecule has 0 heterocycles. The zero-order valence-electron chi connectivity index (χ0n) is 12.2. The van der Waals surface area contributed by atoms with Gasteiger partial charge >= 0.3 is 5.97 Å². The molecule has 7 nitrogen and oxygen atoms in total. The number of benzene rings is 1. The predicted molar refractivity (Wildman–Crippen MR) is 80.3 cm³/mol. The van der Waals surface area contributed by atoms with Crippen molar-refractivity contribution < 1.29 is 23.1 Å². The lowest BCUT2D eigenvalue weighted by Gasteiger charge is -2.08. The van der Waals surface area contributed by atoms with E-state index in [0.29, 0.717) is 11.3 Å². The van der Waals surface area contributed by atoms with Gasteiger partial charge in [-0.25, -0.2) is 13.6 Å². The number of aliphatic carboxylic acids is 1. The van der Waals surface area contributed by atoms with Gasteiger partial charge in [-0.15, -0.1) is 0 Å². The number of nitrogens with two attached hydrogens (primary N) is 1. The first kappa shape index (κ1) is 16.4. The molecule has 4 N–H and O–H groups in total. The topological polar surface area (TPSA) is 127 Å². The second-order valence-corrected chi connectivity index (χ2v) is 7.73. The molecule has 120 valence electrons. The number of carboxylic acids is 1. The summed E-state index contributed by atoms with van der Waals surface area (Å²) in [6, 6.07) is 6.30. The summed E-state index contributed by atoms with van der Waals surface area (Å²) >= 11 is 0. The molecule has 2 atom stereocenters. The Balaban J connectivity index is 2.10. The Hall–Kier alpha value is -1.93. The zero-order chi connectivity index (χ0) is 16.7. The van der Waals surface area contributed by atoms with Gasteiger partial charge in [0.2, 0.25) is 15.9 Å². The minimum Gasteiger partial charge on any atom is -0.481 e. The lowest BCUT2D eigenvalue weighted by Crippen LogP contribution is -2.18. The molecule has 1 aliphatic rings. The van der Waals surface area contributed by atoms with Crippen LogP contribution >= 0.6 is 0 Å². The van der Waals surface area contributed by atoms with Gasteiger partial charge < -0.3 is 10.4 Å². The highest BCUT2D eigenvalue weighted by atomic mass is 32.2. The molecule has 0 saturated heterocycles. The van der Waals surface area contributed by atoms with E-state index in [1.807, 2.05) is 0 Å². The van der Waals surface area contributed by atoms with Crippen molar-refractivity contribution in [3.63, 3.8) is 0 Å². The third-order valence-corrected chi connectivity index (χ3v) is 4.67. The van der Waals surface area contributed by atoms with Gasteiger partial charge in [0, 0.05) is 5.69 Å². The lowest BCUT2D eigenvalue weighted by molar-refractivity contribution is -0.140. The minimum absolute atomic E-state index is 0.330. The first-order chi connectivity index (χ1) is 10.0. The number of anilines is 1. The fourth-order valence-electron chi connectivity index (χ4n) is 2.78. The average Bonchev–Trinajstić information content (AvgIpc) is 2.90. The summed E-state index contributed by atoms with van der Waals surface area (Å²) in [5.74, 6) is -3.02. The molecule has 0 spiro atoms. The van der Waals surface area contributed by atoms with Crippen molar-refractivity contribution >= 4 is 27.6 Å². The Morgan fingerprint density at radius 2 is 1.95 bits per heavy atom. The van der Waals surface area contributed by atoms with Crippen molar-refractivity contribution in [3.05, 3.63) is 29.8 Å². The van der Waals surface area contributed by atoms with E-state index in [9.17, 15) is 18.0 Å². The second kappa shape index (κ2) is 5.36. The van der Waals surface area contributed by atoms with Gasteiger partial charge in [-0.1, -0.05) is 26.0 Å². The maximum Gasteiger partial charge on any atom is 0.307 e. The van der Waals surface area contributed by atoms with Crippen molar-refractivity contribution in [2.75, 3.05) is 5.32 Å². The normalized spacial score (nSPS) is 22.9. The van der Waals surface area contributed by atoms with Crippen molar-refractivity contribution in [2.45, 2.75) is 19.6 Å². The van der Waals surface area contributed by atoms with E-state index in [1.54, 1.807) is 32.0 Å². The maximum absolute atomic E-state index is 12.2. The van der Waals surface area contributed by atoms with E-state index in [0.717, 1.165) is 0 Å². The van der Waals surface area contributed by atoms with Crippen LogP contribution < -0.4 is 10.5 Å². The fraction of sp³-hybridized carbons (Fsp3) is 0.429. The lowest BCUT2D eigenvalue weighted by atomic mass is 10.1. The van der Waals surface area contributed by atoms with Crippen molar-refractivity contribution in [1.82, 2.24) is 0 Å². The van der Waals surface area contributed by atoms with Crippen molar-refractivity contribution in [2.24, 2.45) is 22.4 Å². The number of nitrogens with one attached hydrogen (secondary N) is 1. The van der Waals surface area contributed by atoms with Gasteiger partial charge in [-0.3, -0.25) is 9.59 Å². The first-order valence-electron chi connectivity index (χ1n) is 6.65. The standard InChI is InChI=1S/C14H18N2O5S/c1-14(2)10(11(14)13(18)19)12(17)16-9-5-3-4-8(6-9)7-22(15,20)21/h3-6,10-11H,7H2,1-2H3,(H,16,17)(H,18,19)(H2,15,20,21)/t10-,11+/m1/s1. The monoisotopic (exact) mass is 326 g/mol. The SMILES string of the molecule is CC1(C)[C@H](C(=O)O)[C@@H]1C(=O)Nc1cccc(CS(N)(=O)=O)c1. The van der Waals surface area contributed by atoms with Gasteiger partial charge in [0.25, 0.3) is 0 Å². The molecule has 0 unspecified atom stereocenters. The van der Waals surface area contributed by atoms with E-state index in [-0.39, 0.29) is 11.7 Å². The zero-order valence-corrected chi connectivity index (χ0v) is 13.1. The Labute approximate surface area is 128 Å². The highest BCUT2D eigenvalue weighted by molar-refractivity contribution is 7.88. The number of carboxylic acid groups (broad SMARTS) is 1. The molecule has 1 fully saturated rings. The molecule has 1 aliphatic carbocycles. The largest absolute Gasteiger partial charge is 0.481 e. The quantitative estimate of drug-likeness (QED) is 0.736. The number of rotatable bonds is 5. The number of hydrogen-bond donors (Lipinski definition) is 3. The van der Waals surface area contributed by atoms with E-state index in [1.165, 1.54) is 6.07 Å². The summed E-state index contributed by atoms with van der Waals surface area (Å²) in [4.78, 5) is 23.3. The number of carbonyl (C=O) groups excluding carboxylic acids is 1. The Morgan fingerprint density at radius 1 is 1.32 bits per heavy atom. The number of hydrogen-bond acceptors (Lipinski definition) is 4. The van der Waals surface area contributed by atoms with E-state index in [4.69, 9.17) is 10.2 Å². The molecule has 1 amide bonds. The summed E-state index contributed by atoms with van der Waals surface area (Å²) < 4.78 is 22.2. The van der Waals surface area contributed by atoms with E-state index in [2.05, 4.69) is 5.32 Å². The molecule has 8 heteroatoms. The van der Waals surface area contributed by atoms with Crippen LogP contribution in [0.4, 0.5) is 5.69 Å². The van der Waals surface area contributed by atoms with Crippen LogP contribution in [0, 0.1) is 17.3 Å². The number of sulfonamides is 1. The Bertz CT molecular complexity index is 727. The highest BCUT2D eigenvalue weighted by Gasteiger charge is 2.65. The molecule has 0 aromatic heterocycles. The summed E-state index contributed by atoms with van der Waals surface area (Å²) in [7, 11) is -3.66. The van der Waals surface area contributed by atoms with Crippen LogP contribution in [0.25, 0.3) is 0 Å². The van der Waals surface area contributed by atoms with Gasteiger partial charge in [-0.05, 0) is 23.1 Å². The van der Waals surface area contributed by atoms with Crippen molar-refractivity contribution in [1.29, 1.82) is 0 Å². The second-order valence-electron chi connectivity index (χ2n) is 6.11. The Morgan fingerprint density at radius 3 is 2.45 bits per heavy atom. The van der Waals surface area contributed by atoms with Gasteiger partial charge in [0.05, 0.1) is 17.6 Å². The molecule has 1 aromatic carbocycles. The van der Waals surface area contributed by atoms with Crippen LogP contribution in [0.2, 0.25) is 0 Å². The van der Waals surface area contributed by atoms with Crippen LogP contribution in [0.5, 0.6) is 0 Å². The number of amides is 1. The summed E-state index contributed by atoms with van der Waals surface area (Å²) in [6.45, 7) is 3.46. The summed E-state index contributed by atoms with van der Waals surface area (Å²) in [5, 5.41) is 16.7. The van der Waals surface area contributed by atoms with E-state index < -0.39 is 33.2 Å².